The third-order valence-corrected chi connectivity index (χ3v) is 4.95. The Hall–Kier alpha value is -2.58. The van der Waals surface area contributed by atoms with Gasteiger partial charge in [-0.25, -0.2) is 14.4 Å². The summed E-state index contributed by atoms with van der Waals surface area (Å²) in [6, 6.07) is 4.58. The van der Waals surface area contributed by atoms with Crippen molar-refractivity contribution in [2.45, 2.75) is 19.4 Å². The summed E-state index contributed by atoms with van der Waals surface area (Å²) in [5.41, 5.74) is 2.21. The van der Waals surface area contributed by atoms with Crippen LogP contribution in [0.1, 0.15) is 12.2 Å². The zero-order valence-corrected chi connectivity index (χ0v) is 15.9. The van der Waals surface area contributed by atoms with E-state index in [2.05, 4.69) is 9.88 Å². The SMILES string of the molecule is COCCn1c(CC2=NC(N3CCOCC3)=CC(=O)C2)nc2cc(F)ccc21. The van der Waals surface area contributed by atoms with Gasteiger partial charge in [-0.2, -0.15) is 0 Å². The molecule has 1 aromatic heterocycles. The number of halogens is 1. The Morgan fingerprint density at radius 1 is 1.29 bits per heavy atom. The number of carbonyl (C=O) groups excluding carboxylic acids is 1. The first-order valence-electron chi connectivity index (χ1n) is 9.41. The van der Waals surface area contributed by atoms with Crippen LogP contribution in [0.3, 0.4) is 0 Å². The van der Waals surface area contributed by atoms with Gasteiger partial charge in [0.15, 0.2) is 5.78 Å². The Morgan fingerprint density at radius 2 is 2.11 bits per heavy atom. The number of carbonyl (C=O) groups is 1. The van der Waals surface area contributed by atoms with Crippen molar-refractivity contribution in [1.29, 1.82) is 0 Å². The molecule has 2 aromatic rings. The van der Waals surface area contributed by atoms with Gasteiger partial charge in [-0.3, -0.25) is 4.79 Å². The summed E-state index contributed by atoms with van der Waals surface area (Å²) in [6.07, 6.45) is 2.32. The quantitative estimate of drug-likeness (QED) is 0.759. The lowest BCUT2D eigenvalue weighted by Crippen LogP contribution is -2.36. The minimum Gasteiger partial charge on any atom is -0.383 e. The number of rotatable bonds is 6. The summed E-state index contributed by atoms with van der Waals surface area (Å²) in [5.74, 6) is 1.17. The lowest BCUT2D eigenvalue weighted by atomic mass is 10.1. The minimum atomic E-state index is -0.321. The van der Waals surface area contributed by atoms with Crippen LogP contribution in [-0.4, -0.2) is 66.0 Å². The topological polar surface area (TPSA) is 68.9 Å². The zero-order valence-electron chi connectivity index (χ0n) is 15.9. The molecule has 0 amide bonds. The number of benzene rings is 1. The van der Waals surface area contributed by atoms with E-state index in [1.54, 1.807) is 19.3 Å². The smallest absolute Gasteiger partial charge is 0.164 e. The molecule has 0 spiro atoms. The van der Waals surface area contributed by atoms with Gasteiger partial charge in [-0.1, -0.05) is 0 Å². The van der Waals surface area contributed by atoms with Gasteiger partial charge in [0.05, 0.1) is 30.9 Å². The standard InChI is InChI=1S/C20H23FN4O3/c1-27-7-6-25-18-3-2-14(21)10-17(18)23-20(25)12-15-11-16(26)13-19(22-15)24-4-8-28-9-5-24/h2-3,10,13H,4-9,11-12H2,1H3. The van der Waals surface area contributed by atoms with Crippen LogP contribution in [0.2, 0.25) is 0 Å². The first kappa shape index (κ1) is 18.8. The third-order valence-electron chi connectivity index (χ3n) is 4.95. The van der Waals surface area contributed by atoms with Crippen molar-refractivity contribution in [3.63, 3.8) is 0 Å². The molecule has 0 unspecified atom stereocenters. The molecular formula is C20H23FN4O3. The molecule has 0 bridgehead atoms. The molecule has 0 atom stereocenters. The lowest BCUT2D eigenvalue weighted by Gasteiger charge is -2.30. The van der Waals surface area contributed by atoms with Crippen molar-refractivity contribution in [3.8, 4) is 0 Å². The van der Waals surface area contributed by atoms with E-state index in [9.17, 15) is 9.18 Å². The maximum Gasteiger partial charge on any atom is 0.164 e. The highest BCUT2D eigenvalue weighted by Crippen LogP contribution is 2.21. The monoisotopic (exact) mass is 386 g/mol. The fraction of sp³-hybridized carbons (Fsp3) is 0.450. The van der Waals surface area contributed by atoms with Crippen molar-refractivity contribution in [2.75, 3.05) is 40.0 Å². The number of allylic oxidation sites excluding steroid dienone is 1. The van der Waals surface area contributed by atoms with Crippen LogP contribution in [0.5, 0.6) is 0 Å². The van der Waals surface area contributed by atoms with Crippen molar-refractivity contribution >= 4 is 22.5 Å². The summed E-state index contributed by atoms with van der Waals surface area (Å²) in [5, 5.41) is 0. The maximum absolute atomic E-state index is 13.6. The van der Waals surface area contributed by atoms with E-state index >= 15 is 0 Å². The molecule has 1 saturated heterocycles. The Kier molecular flexibility index (Phi) is 5.50. The zero-order chi connectivity index (χ0) is 19.5. The molecule has 0 radical (unpaired) electrons. The summed E-state index contributed by atoms with van der Waals surface area (Å²) >= 11 is 0. The minimum absolute atomic E-state index is 0.0390. The molecule has 3 heterocycles. The number of ether oxygens (including phenoxy) is 2. The van der Waals surface area contributed by atoms with Gasteiger partial charge < -0.3 is 18.9 Å². The highest BCUT2D eigenvalue weighted by molar-refractivity contribution is 6.09. The van der Waals surface area contributed by atoms with Crippen LogP contribution in [0.4, 0.5) is 4.39 Å². The molecule has 148 valence electrons. The van der Waals surface area contributed by atoms with Crippen LogP contribution < -0.4 is 0 Å². The van der Waals surface area contributed by atoms with Gasteiger partial charge in [0.1, 0.15) is 17.5 Å². The van der Waals surface area contributed by atoms with Crippen molar-refractivity contribution in [2.24, 2.45) is 4.99 Å². The van der Waals surface area contributed by atoms with Crippen LogP contribution in [0.15, 0.2) is 35.1 Å². The summed E-state index contributed by atoms with van der Waals surface area (Å²) < 4.78 is 26.2. The molecule has 28 heavy (non-hydrogen) atoms. The fourth-order valence-electron chi connectivity index (χ4n) is 3.59. The van der Waals surface area contributed by atoms with Crippen molar-refractivity contribution in [1.82, 2.24) is 14.5 Å². The molecule has 2 aliphatic rings. The molecule has 1 aromatic carbocycles. The lowest BCUT2D eigenvalue weighted by molar-refractivity contribution is -0.113. The van der Waals surface area contributed by atoms with Gasteiger partial charge in [0.2, 0.25) is 0 Å². The van der Waals surface area contributed by atoms with Gasteiger partial charge >= 0.3 is 0 Å². The average molecular weight is 386 g/mol. The largest absolute Gasteiger partial charge is 0.383 e. The fourth-order valence-corrected chi connectivity index (χ4v) is 3.59. The maximum atomic E-state index is 13.6. The first-order chi connectivity index (χ1) is 13.6. The molecule has 1 fully saturated rings. The Morgan fingerprint density at radius 3 is 2.89 bits per heavy atom. The van der Waals surface area contributed by atoms with Crippen LogP contribution in [-0.2, 0) is 27.2 Å². The summed E-state index contributed by atoms with van der Waals surface area (Å²) in [4.78, 5) is 23.7. The van der Waals surface area contributed by atoms with E-state index in [1.165, 1.54) is 12.1 Å². The number of hydrogen-bond donors (Lipinski definition) is 0. The number of aromatic nitrogens is 2. The van der Waals surface area contributed by atoms with Crippen molar-refractivity contribution in [3.05, 3.63) is 41.7 Å². The van der Waals surface area contributed by atoms with E-state index in [-0.39, 0.29) is 18.0 Å². The van der Waals surface area contributed by atoms with Crippen LogP contribution in [0, 0.1) is 5.82 Å². The number of methoxy groups -OCH3 is 1. The van der Waals surface area contributed by atoms with Gasteiger partial charge in [0, 0.05) is 57.4 Å². The number of nitrogens with zero attached hydrogens (tertiary/aromatic N) is 4. The molecule has 0 saturated carbocycles. The highest BCUT2D eigenvalue weighted by Gasteiger charge is 2.22. The van der Waals surface area contributed by atoms with Crippen LogP contribution >= 0.6 is 0 Å². The predicted octanol–water partition coefficient (Wildman–Crippen LogP) is 1.95. The number of morpholine rings is 1. The second-order valence-corrected chi connectivity index (χ2v) is 6.91. The van der Waals surface area contributed by atoms with E-state index in [0.29, 0.717) is 44.1 Å². The number of imidazole rings is 1. The molecule has 8 heteroatoms. The summed E-state index contributed by atoms with van der Waals surface area (Å²) in [7, 11) is 1.64. The molecular weight excluding hydrogens is 363 g/mol. The number of aliphatic imine (C=N–C) groups is 1. The molecule has 7 nitrogen and oxygen atoms in total. The predicted molar refractivity (Wildman–Crippen MR) is 103 cm³/mol. The molecule has 0 N–H and O–H groups in total. The van der Waals surface area contributed by atoms with Crippen LogP contribution in [0.25, 0.3) is 11.0 Å². The van der Waals surface area contributed by atoms with E-state index in [4.69, 9.17) is 14.5 Å². The number of fused-ring (bicyclic) bond motifs is 1. The van der Waals surface area contributed by atoms with Crippen molar-refractivity contribution < 1.29 is 18.7 Å². The second-order valence-electron chi connectivity index (χ2n) is 6.91. The van der Waals surface area contributed by atoms with E-state index < -0.39 is 0 Å². The second kappa shape index (κ2) is 8.20. The molecule has 0 aliphatic carbocycles. The Bertz CT molecular complexity index is 944. The number of ketones is 1. The van der Waals surface area contributed by atoms with Gasteiger partial charge in [-0.15, -0.1) is 0 Å². The normalized spacial score (nSPS) is 17.8. The Labute approximate surface area is 162 Å². The highest BCUT2D eigenvalue weighted by atomic mass is 19.1. The Balaban J connectivity index is 1.63. The van der Waals surface area contributed by atoms with Gasteiger partial charge in [0.25, 0.3) is 0 Å². The average Bonchev–Trinajstić information content (AvgIpc) is 3.02. The first-order valence-corrected chi connectivity index (χ1v) is 9.41. The third kappa shape index (κ3) is 3.98. The summed E-state index contributed by atoms with van der Waals surface area (Å²) in [6.45, 7) is 3.83. The van der Waals surface area contributed by atoms with Gasteiger partial charge in [-0.05, 0) is 12.1 Å². The molecule has 4 rings (SSSR count). The van der Waals surface area contributed by atoms with E-state index in [1.807, 2.05) is 4.57 Å². The number of hydrogen-bond acceptors (Lipinski definition) is 6. The molecule has 2 aliphatic heterocycles. The van der Waals surface area contributed by atoms with E-state index in [0.717, 1.165) is 30.1 Å².